The smallest absolute Gasteiger partial charge is 0.236 e. The zero-order chi connectivity index (χ0) is 12.8. The highest BCUT2D eigenvalue weighted by atomic mass is 32.2. The van der Waals surface area contributed by atoms with Gasteiger partial charge in [-0.2, -0.15) is 16.7 Å². The SMILES string of the molecule is CCCCc1noc(CSCC2(CO)COC2)n1. The van der Waals surface area contributed by atoms with Crippen LogP contribution in [0.15, 0.2) is 4.52 Å². The third kappa shape index (κ3) is 3.46. The Morgan fingerprint density at radius 3 is 2.89 bits per heavy atom. The maximum atomic E-state index is 9.29. The predicted octanol–water partition coefficient (Wildman–Crippen LogP) is 1.65. The van der Waals surface area contributed by atoms with E-state index in [4.69, 9.17) is 9.26 Å². The number of aliphatic hydroxyl groups excluding tert-OH is 1. The van der Waals surface area contributed by atoms with Crippen molar-refractivity contribution in [2.75, 3.05) is 25.6 Å². The van der Waals surface area contributed by atoms with Crippen LogP contribution in [0.5, 0.6) is 0 Å². The fourth-order valence-corrected chi connectivity index (χ4v) is 2.84. The molecule has 1 fully saturated rings. The van der Waals surface area contributed by atoms with Gasteiger partial charge in [-0.3, -0.25) is 0 Å². The topological polar surface area (TPSA) is 68.4 Å². The van der Waals surface area contributed by atoms with Crippen molar-refractivity contribution in [3.63, 3.8) is 0 Å². The molecule has 1 aromatic rings. The first-order valence-corrected chi connectivity index (χ1v) is 7.51. The number of aromatic nitrogens is 2. The van der Waals surface area contributed by atoms with Crippen LogP contribution in [0, 0.1) is 5.41 Å². The Morgan fingerprint density at radius 1 is 1.44 bits per heavy atom. The van der Waals surface area contributed by atoms with E-state index >= 15 is 0 Å². The summed E-state index contributed by atoms with van der Waals surface area (Å²) < 4.78 is 10.3. The van der Waals surface area contributed by atoms with Crippen molar-refractivity contribution in [2.24, 2.45) is 5.41 Å². The summed E-state index contributed by atoms with van der Waals surface area (Å²) in [6.45, 7) is 3.64. The number of aliphatic hydroxyl groups is 1. The highest BCUT2D eigenvalue weighted by Crippen LogP contribution is 2.31. The molecule has 0 saturated carbocycles. The van der Waals surface area contributed by atoms with E-state index in [0.717, 1.165) is 30.8 Å². The first-order valence-electron chi connectivity index (χ1n) is 6.36. The first kappa shape index (κ1) is 13.8. The molecule has 0 bridgehead atoms. The summed E-state index contributed by atoms with van der Waals surface area (Å²) in [5, 5.41) is 13.2. The van der Waals surface area contributed by atoms with Gasteiger partial charge in [0.25, 0.3) is 0 Å². The summed E-state index contributed by atoms with van der Waals surface area (Å²) in [5.74, 6) is 3.06. The van der Waals surface area contributed by atoms with Crippen molar-refractivity contribution in [1.82, 2.24) is 10.1 Å². The zero-order valence-corrected chi connectivity index (χ0v) is 11.5. The molecule has 18 heavy (non-hydrogen) atoms. The van der Waals surface area contributed by atoms with Gasteiger partial charge in [0, 0.05) is 17.6 Å². The largest absolute Gasteiger partial charge is 0.396 e. The molecule has 0 amide bonds. The number of nitrogens with zero attached hydrogens (tertiary/aromatic N) is 2. The van der Waals surface area contributed by atoms with Crippen molar-refractivity contribution in [3.05, 3.63) is 11.7 Å². The maximum Gasteiger partial charge on any atom is 0.236 e. The van der Waals surface area contributed by atoms with Crippen LogP contribution < -0.4 is 0 Å². The number of aryl methyl sites for hydroxylation is 1. The molecular formula is C12H20N2O3S. The third-order valence-corrected chi connectivity index (χ3v) is 4.32. The fourth-order valence-electron chi connectivity index (χ4n) is 1.75. The molecule has 0 radical (unpaired) electrons. The minimum Gasteiger partial charge on any atom is -0.396 e. The monoisotopic (exact) mass is 272 g/mol. The summed E-state index contributed by atoms with van der Waals surface area (Å²) in [5.41, 5.74) is -0.0459. The van der Waals surface area contributed by atoms with Gasteiger partial charge in [-0.15, -0.1) is 0 Å². The van der Waals surface area contributed by atoms with E-state index in [2.05, 4.69) is 17.1 Å². The number of unbranched alkanes of at least 4 members (excludes halogenated alkanes) is 1. The predicted molar refractivity (Wildman–Crippen MR) is 69.4 cm³/mol. The second-order valence-corrected chi connectivity index (χ2v) is 5.84. The van der Waals surface area contributed by atoms with Gasteiger partial charge in [0.05, 0.1) is 25.6 Å². The molecular weight excluding hydrogens is 252 g/mol. The van der Waals surface area contributed by atoms with Crippen molar-refractivity contribution in [2.45, 2.75) is 31.9 Å². The molecule has 5 nitrogen and oxygen atoms in total. The summed E-state index contributed by atoms with van der Waals surface area (Å²) >= 11 is 1.71. The highest BCUT2D eigenvalue weighted by molar-refractivity contribution is 7.98. The van der Waals surface area contributed by atoms with Gasteiger partial charge >= 0.3 is 0 Å². The Hall–Kier alpha value is -0.590. The third-order valence-electron chi connectivity index (χ3n) is 3.05. The second kappa shape index (κ2) is 6.54. The number of hydrogen-bond acceptors (Lipinski definition) is 6. The van der Waals surface area contributed by atoms with E-state index in [0.29, 0.717) is 24.9 Å². The van der Waals surface area contributed by atoms with Gasteiger partial charge in [0.15, 0.2) is 5.82 Å². The first-order chi connectivity index (χ1) is 8.78. The lowest BCUT2D eigenvalue weighted by Gasteiger charge is -2.39. The van der Waals surface area contributed by atoms with Gasteiger partial charge in [0.2, 0.25) is 5.89 Å². The van der Waals surface area contributed by atoms with Crippen LogP contribution in [0.25, 0.3) is 0 Å². The summed E-state index contributed by atoms with van der Waals surface area (Å²) in [4.78, 5) is 4.34. The summed E-state index contributed by atoms with van der Waals surface area (Å²) in [6, 6.07) is 0. The second-order valence-electron chi connectivity index (χ2n) is 4.85. The van der Waals surface area contributed by atoms with E-state index < -0.39 is 0 Å². The van der Waals surface area contributed by atoms with Crippen LogP contribution in [0.3, 0.4) is 0 Å². The Morgan fingerprint density at radius 2 is 2.28 bits per heavy atom. The van der Waals surface area contributed by atoms with Crippen LogP contribution in [-0.4, -0.2) is 40.8 Å². The number of hydrogen-bond donors (Lipinski definition) is 1. The number of thioether (sulfide) groups is 1. The average molecular weight is 272 g/mol. The molecule has 0 spiro atoms. The molecule has 1 aliphatic rings. The molecule has 2 heterocycles. The molecule has 1 aliphatic heterocycles. The van der Waals surface area contributed by atoms with Crippen LogP contribution in [-0.2, 0) is 16.9 Å². The highest BCUT2D eigenvalue weighted by Gasteiger charge is 2.37. The van der Waals surface area contributed by atoms with Crippen molar-refractivity contribution < 1.29 is 14.4 Å². The quantitative estimate of drug-likeness (QED) is 0.776. The number of ether oxygens (including phenoxy) is 1. The molecule has 0 unspecified atom stereocenters. The van der Waals surface area contributed by atoms with Crippen LogP contribution >= 0.6 is 11.8 Å². The van der Waals surface area contributed by atoms with E-state index in [1.807, 2.05) is 0 Å². The van der Waals surface area contributed by atoms with E-state index in [1.165, 1.54) is 0 Å². The molecule has 2 rings (SSSR count). The van der Waals surface area contributed by atoms with E-state index in [9.17, 15) is 5.11 Å². The zero-order valence-electron chi connectivity index (χ0n) is 10.7. The molecule has 1 N–H and O–H groups in total. The van der Waals surface area contributed by atoms with Crippen molar-refractivity contribution >= 4 is 11.8 Å². The van der Waals surface area contributed by atoms with Gasteiger partial charge in [-0.25, -0.2) is 0 Å². The lowest BCUT2D eigenvalue weighted by molar-refractivity contribution is -0.121. The molecule has 0 atom stereocenters. The normalized spacial score (nSPS) is 17.7. The van der Waals surface area contributed by atoms with Crippen LogP contribution in [0.1, 0.15) is 31.5 Å². The number of rotatable bonds is 8. The Bertz CT molecular complexity index is 360. The Kier molecular flexibility index (Phi) is 5.03. The maximum absolute atomic E-state index is 9.29. The standard InChI is InChI=1S/C12H20N2O3S/c1-2-3-4-10-13-11(17-14-10)5-18-9-12(6-15)7-16-8-12/h15H,2-9H2,1H3. The van der Waals surface area contributed by atoms with E-state index in [1.54, 1.807) is 11.8 Å². The van der Waals surface area contributed by atoms with Gasteiger partial charge in [-0.05, 0) is 6.42 Å². The van der Waals surface area contributed by atoms with Gasteiger partial charge in [0.1, 0.15) is 0 Å². The van der Waals surface area contributed by atoms with Crippen molar-refractivity contribution in [1.29, 1.82) is 0 Å². The van der Waals surface area contributed by atoms with Crippen LogP contribution in [0.4, 0.5) is 0 Å². The lowest BCUT2D eigenvalue weighted by atomic mass is 9.90. The van der Waals surface area contributed by atoms with E-state index in [-0.39, 0.29) is 12.0 Å². The average Bonchev–Trinajstić information content (AvgIpc) is 2.78. The minimum atomic E-state index is -0.0459. The Labute approximate surface area is 111 Å². The summed E-state index contributed by atoms with van der Waals surface area (Å²) in [7, 11) is 0. The van der Waals surface area contributed by atoms with Crippen LogP contribution in [0.2, 0.25) is 0 Å². The molecule has 0 aliphatic carbocycles. The fraction of sp³-hybridized carbons (Fsp3) is 0.833. The molecule has 102 valence electrons. The van der Waals surface area contributed by atoms with Crippen molar-refractivity contribution in [3.8, 4) is 0 Å². The minimum absolute atomic E-state index is 0.0459. The molecule has 6 heteroatoms. The summed E-state index contributed by atoms with van der Waals surface area (Å²) in [6.07, 6.45) is 3.12. The molecule has 1 saturated heterocycles. The van der Waals surface area contributed by atoms with Gasteiger partial charge < -0.3 is 14.4 Å². The molecule has 0 aromatic carbocycles. The van der Waals surface area contributed by atoms with Gasteiger partial charge in [-0.1, -0.05) is 18.5 Å². The molecule has 1 aromatic heterocycles. The lowest BCUT2D eigenvalue weighted by Crippen LogP contribution is -2.47. The Balaban J connectivity index is 1.71.